The number of hydrogen-bond acceptors (Lipinski definition) is 4. The summed E-state index contributed by atoms with van der Waals surface area (Å²) < 4.78 is 44.5. The monoisotopic (exact) mass is 326 g/mol. The minimum absolute atomic E-state index is 0.0241. The molecule has 0 amide bonds. The van der Waals surface area contributed by atoms with Crippen molar-refractivity contribution in [1.29, 1.82) is 5.41 Å². The number of amidine groups is 1. The number of fused-ring (bicyclic) bond motifs is 1. The highest BCUT2D eigenvalue weighted by Gasteiger charge is 2.61. The van der Waals surface area contributed by atoms with Crippen LogP contribution in [0.15, 0.2) is 24.3 Å². The fourth-order valence-corrected chi connectivity index (χ4v) is 5.55. The third-order valence-electron chi connectivity index (χ3n) is 4.79. The van der Waals surface area contributed by atoms with Gasteiger partial charge in [0.2, 0.25) is 0 Å². The third kappa shape index (κ3) is 1.85. The Morgan fingerprint density at radius 1 is 1.36 bits per heavy atom. The van der Waals surface area contributed by atoms with Crippen molar-refractivity contribution in [2.45, 2.75) is 35.8 Å². The Kier molecular flexibility index (Phi) is 3.34. The van der Waals surface area contributed by atoms with Crippen molar-refractivity contribution in [2.24, 2.45) is 0 Å². The molecule has 3 rings (SSSR count). The van der Waals surface area contributed by atoms with Crippen molar-refractivity contribution in [3.8, 4) is 0 Å². The van der Waals surface area contributed by atoms with Gasteiger partial charge in [-0.05, 0) is 26.3 Å². The Labute approximate surface area is 129 Å². The lowest BCUT2D eigenvalue weighted by Crippen LogP contribution is -2.72. The molecule has 0 aromatic heterocycles. The normalized spacial score (nSPS) is 32.9. The Balaban J connectivity index is 2.25. The average Bonchev–Trinajstić information content (AvgIpc) is 2.46. The number of rotatable bonds is 1. The van der Waals surface area contributed by atoms with Gasteiger partial charge in [0.15, 0.2) is 9.84 Å². The topological polar surface area (TPSA) is 79.2 Å². The minimum Gasteiger partial charge on any atom is -0.379 e. The van der Waals surface area contributed by atoms with Gasteiger partial charge < -0.3 is 10.1 Å². The van der Waals surface area contributed by atoms with Crippen LogP contribution in [0.1, 0.15) is 25.8 Å². The summed E-state index contributed by atoms with van der Waals surface area (Å²) in [4.78, 5) is 0. The van der Waals surface area contributed by atoms with Crippen LogP contribution >= 0.6 is 0 Å². The molecule has 2 aliphatic rings. The van der Waals surface area contributed by atoms with Crippen LogP contribution in [0.4, 0.5) is 4.39 Å². The highest BCUT2D eigenvalue weighted by molar-refractivity contribution is 7.94. The molecule has 5 nitrogen and oxygen atoms in total. The lowest BCUT2D eigenvalue weighted by molar-refractivity contribution is 0.0255. The van der Waals surface area contributed by atoms with E-state index in [0.717, 1.165) is 0 Å². The van der Waals surface area contributed by atoms with Crippen LogP contribution in [0, 0.1) is 11.2 Å². The first kappa shape index (κ1) is 15.4. The lowest BCUT2D eigenvalue weighted by Gasteiger charge is -2.52. The molecule has 2 atom stereocenters. The van der Waals surface area contributed by atoms with Crippen molar-refractivity contribution in [2.75, 3.05) is 13.2 Å². The molecule has 2 saturated heterocycles. The largest absolute Gasteiger partial charge is 0.379 e. The van der Waals surface area contributed by atoms with Gasteiger partial charge in [-0.15, -0.1) is 0 Å². The minimum atomic E-state index is -3.67. The van der Waals surface area contributed by atoms with E-state index in [1.165, 1.54) is 19.9 Å². The number of halogens is 1. The van der Waals surface area contributed by atoms with E-state index in [1.807, 2.05) is 0 Å². The molecule has 2 unspecified atom stereocenters. The van der Waals surface area contributed by atoms with Crippen LogP contribution in [0.5, 0.6) is 0 Å². The molecule has 0 bridgehead atoms. The summed E-state index contributed by atoms with van der Waals surface area (Å²) in [6.07, 6.45) is 0.278. The van der Waals surface area contributed by atoms with Crippen LogP contribution < -0.4 is 5.32 Å². The number of benzene rings is 1. The highest BCUT2D eigenvalue weighted by atomic mass is 32.2. The SMILES string of the molecule is CC1(C)C(=N)NC2(c3ccccc3F)COCCC2S1(=O)=O. The highest BCUT2D eigenvalue weighted by Crippen LogP contribution is 2.44. The molecular formula is C15H19FN2O3S. The molecule has 2 fully saturated rings. The van der Waals surface area contributed by atoms with Crippen LogP contribution in [0.2, 0.25) is 0 Å². The van der Waals surface area contributed by atoms with Crippen molar-refractivity contribution in [1.82, 2.24) is 5.32 Å². The first-order valence-corrected chi connectivity index (χ1v) is 8.71. The van der Waals surface area contributed by atoms with Crippen molar-refractivity contribution in [3.63, 3.8) is 0 Å². The van der Waals surface area contributed by atoms with Gasteiger partial charge >= 0.3 is 0 Å². The molecule has 22 heavy (non-hydrogen) atoms. The van der Waals surface area contributed by atoms with Gasteiger partial charge in [0, 0.05) is 12.2 Å². The van der Waals surface area contributed by atoms with Crippen LogP contribution in [-0.2, 0) is 20.1 Å². The molecule has 2 aliphatic heterocycles. The zero-order valence-corrected chi connectivity index (χ0v) is 13.3. The Hall–Kier alpha value is -1.47. The third-order valence-corrected chi connectivity index (χ3v) is 7.81. The van der Waals surface area contributed by atoms with E-state index < -0.39 is 31.2 Å². The number of nitrogens with one attached hydrogen (secondary N) is 2. The summed E-state index contributed by atoms with van der Waals surface area (Å²) in [6, 6.07) is 6.08. The standard InChI is InChI=1S/C15H19FN2O3S/c1-14(2)13(17)18-15(10-5-3-4-6-11(10)16)9-21-8-7-12(15)22(14,19)20/h3-6,12H,7-9H2,1-2H3,(H2,17,18). The van der Waals surface area contributed by atoms with Gasteiger partial charge in [0.05, 0.1) is 11.9 Å². The first-order chi connectivity index (χ1) is 10.2. The summed E-state index contributed by atoms with van der Waals surface area (Å²) in [5.74, 6) is -0.620. The molecule has 2 N–H and O–H groups in total. The van der Waals surface area contributed by atoms with Crippen LogP contribution in [-0.4, -0.2) is 37.5 Å². The molecule has 1 aromatic carbocycles. The van der Waals surface area contributed by atoms with Crippen molar-refractivity contribution >= 4 is 15.7 Å². The molecule has 0 radical (unpaired) electrons. The van der Waals surface area contributed by atoms with Crippen molar-refractivity contribution in [3.05, 3.63) is 35.6 Å². The Morgan fingerprint density at radius 3 is 2.73 bits per heavy atom. The molecule has 0 aliphatic carbocycles. The molecule has 0 saturated carbocycles. The zero-order valence-electron chi connectivity index (χ0n) is 12.5. The van der Waals surface area contributed by atoms with Gasteiger partial charge in [-0.3, -0.25) is 5.41 Å². The second-order valence-electron chi connectivity index (χ2n) is 6.34. The van der Waals surface area contributed by atoms with Crippen molar-refractivity contribution < 1.29 is 17.5 Å². The Bertz CT molecular complexity index is 732. The van der Waals surface area contributed by atoms with Crippen LogP contribution in [0.25, 0.3) is 0 Å². The fourth-order valence-electron chi connectivity index (χ4n) is 3.31. The Morgan fingerprint density at radius 2 is 2.05 bits per heavy atom. The van der Waals surface area contributed by atoms with Gasteiger partial charge in [0.25, 0.3) is 0 Å². The second-order valence-corrected chi connectivity index (χ2v) is 9.02. The van der Waals surface area contributed by atoms with E-state index in [0.29, 0.717) is 6.61 Å². The van der Waals surface area contributed by atoms with E-state index in [9.17, 15) is 12.8 Å². The van der Waals surface area contributed by atoms with Crippen LogP contribution in [0.3, 0.4) is 0 Å². The number of hydrogen-bond donors (Lipinski definition) is 2. The van der Waals surface area contributed by atoms with E-state index in [4.69, 9.17) is 10.1 Å². The molecule has 0 spiro atoms. The fraction of sp³-hybridized carbons (Fsp3) is 0.533. The molecule has 2 heterocycles. The predicted octanol–water partition coefficient (Wildman–Crippen LogP) is 1.58. The maximum absolute atomic E-state index is 14.4. The van der Waals surface area contributed by atoms with Gasteiger partial charge in [-0.25, -0.2) is 12.8 Å². The van der Waals surface area contributed by atoms with Gasteiger partial charge in [-0.2, -0.15) is 0 Å². The summed E-state index contributed by atoms with van der Waals surface area (Å²) >= 11 is 0. The summed E-state index contributed by atoms with van der Waals surface area (Å²) in [7, 11) is -3.67. The quantitative estimate of drug-likeness (QED) is 0.821. The predicted molar refractivity (Wildman–Crippen MR) is 81.2 cm³/mol. The summed E-state index contributed by atoms with van der Waals surface area (Å²) in [5, 5.41) is 10.3. The molecular weight excluding hydrogens is 307 g/mol. The molecule has 7 heteroatoms. The summed E-state index contributed by atoms with van der Waals surface area (Å²) in [6.45, 7) is 3.36. The van der Waals surface area contributed by atoms with E-state index >= 15 is 0 Å². The molecule has 120 valence electrons. The van der Waals surface area contributed by atoms with E-state index in [2.05, 4.69) is 5.32 Å². The zero-order chi connectivity index (χ0) is 16.2. The smallest absolute Gasteiger partial charge is 0.168 e. The van der Waals surface area contributed by atoms with E-state index in [-0.39, 0.29) is 24.4 Å². The van der Waals surface area contributed by atoms with Gasteiger partial charge in [-0.1, -0.05) is 18.2 Å². The van der Waals surface area contributed by atoms with Gasteiger partial charge in [0.1, 0.15) is 21.9 Å². The lowest BCUT2D eigenvalue weighted by atomic mass is 9.82. The first-order valence-electron chi connectivity index (χ1n) is 7.17. The number of ether oxygens (including phenoxy) is 1. The molecule has 1 aromatic rings. The maximum atomic E-state index is 14.4. The second kappa shape index (κ2) is 4.76. The van der Waals surface area contributed by atoms with E-state index in [1.54, 1.807) is 18.2 Å². The maximum Gasteiger partial charge on any atom is 0.168 e. The summed E-state index contributed by atoms with van der Waals surface area (Å²) in [5.41, 5.74) is -1.00. The number of sulfone groups is 1. The average molecular weight is 326 g/mol.